The largest absolute Gasteiger partial charge is 0.347 e. The minimum atomic E-state index is -0.171. The summed E-state index contributed by atoms with van der Waals surface area (Å²) >= 11 is 0. The minimum Gasteiger partial charge on any atom is -0.347 e. The van der Waals surface area contributed by atoms with E-state index in [9.17, 15) is 0 Å². The van der Waals surface area contributed by atoms with Crippen molar-refractivity contribution >= 4 is 0 Å². The molecule has 0 radical (unpaired) electrons. The van der Waals surface area contributed by atoms with Crippen molar-refractivity contribution in [2.75, 3.05) is 13.2 Å². The fraction of sp³-hybridized carbons (Fsp3) is 1.00. The van der Waals surface area contributed by atoms with Crippen LogP contribution in [0.15, 0.2) is 0 Å². The van der Waals surface area contributed by atoms with Gasteiger partial charge in [-0.25, -0.2) is 0 Å². The molecule has 0 bridgehead atoms. The van der Waals surface area contributed by atoms with Gasteiger partial charge >= 0.3 is 0 Å². The Bertz CT molecular complexity index is 167. The molecule has 13 heavy (non-hydrogen) atoms. The number of hydrogen-bond donors (Lipinski definition) is 0. The average molecular weight is 184 g/mol. The molecule has 2 heteroatoms. The van der Waals surface area contributed by atoms with Crippen LogP contribution in [-0.4, -0.2) is 19.0 Å². The molecule has 1 aliphatic carbocycles. The molecule has 0 aromatic carbocycles. The molecule has 1 heterocycles. The fourth-order valence-corrected chi connectivity index (χ4v) is 2.81. The third-order valence-corrected chi connectivity index (χ3v) is 3.71. The normalized spacial score (nSPS) is 34.2. The molecule has 0 amide bonds. The highest BCUT2D eigenvalue weighted by molar-refractivity contribution is 4.91. The Hall–Kier alpha value is -0.0800. The van der Waals surface area contributed by atoms with E-state index in [-0.39, 0.29) is 5.79 Å². The van der Waals surface area contributed by atoms with Crippen LogP contribution in [0.2, 0.25) is 0 Å². The lowest BCUT2D eigenvalue weighted by Gasteiger charge is -2.33. The highest BCUT2D eigenvalue weighted by atomic mass is 16.7. The molecule has 2 unspecified atom stereocenters. The quantitative estimate of drug-likeness (QED) is 0.656. The molecule has 2 rings (SSSR count). The molecule has 1 aliphatic heterocycles. The number of rotatable bonds is 2. The Morgan fingerprint density at radius 3 is 2.69 bits per heavy atom. The Morgan fingerprint density at radius 1 is 1.38 bits per heavy atom. The second-order valence-electron chi connectivity index (χ2n) is 4.39. The molecule has 2 aliphatic rings. The molecule has 2 nitrogen and oxygen atoms in total. The summed E-state index contributed by atoms with van der Waals surface area (Å²) < 4.78 is 11.6. The van der Waals surface area contributed by atoms with Crippen molar-refractivity contribution in [1.29, 1.82) is 0 Å². The molecule has 0 aromatic rings. The predicted octanol–water partition coefficient (Wildman–Crippen LogP) is 2.58. The highest BCUT2D eigenvalue weighted by Gasteiger charge is 2.49. The molecule has 1 spiro atoms. The van der Waals surface area contributed by atoms with Gasteiger partial charge in [0.15, 0.2) is 5.79 Å². The van der Waals surface area contributed by atoms with Gasteiger partial charge in [0.1, 0.15) is 0 Å². The molecule has 1 saturated carbocycles. The molecular weight excluding hydrogens is 164 g/mol. The third-order valence-electron chi connectivity index (χ3n) is 3.71. The summed E-state index contributed by atoms with van der Waals surface area (Å²) in [6.45, 7) is 6.17. The summed E-state index contributed by atoms with van der Waals surface area (Å²) in [4.78, 5) is 0. The smallest absolute Gasteiger partial charge is 0.171 e. The van der Waals surface area contributed by atoms with E-state index in [1.165, 1.54) is 19.3 Å². The summed E-state index contributed by atoms with van der Waals surface area (Å²) in [6.07, 6.45) is 4.91. The third kappa shape index (κ3) is 1.50. The van der Waals surface area contributed by atoms with Crippen molar-refractivity contribution in [3.63, 3.8) is 0 Å². The summed E-state index contributed by atoms with van der Waals surface area (Å²) in [5.41, 5.74) is 0. The van der Waals surface area contributed by atoms with Gasteiger partial charge in [0.25, 0.3) is 0 Å². The zero-order valence-electron chi connectivity index (χ0n) is 8.71. The van der Waals surface area contributed by atoms with Gasteiger partial charge in [-0.2, -0.15) is 0 Å². The molecule has 2 fully saturated rings. The van der Waals surface area contributed by atoms with Gasteiger partial charge in [0.05, 0.1) is 13.2 Å². The number of hydrogen-bond acceptors (Lipinski definition) is 2. The average Bonchev–Trinajstić information content (AvgIpc) is 2.76. The molecular formula is C11H20O2. The van der Waals surface area contributed by atoms with E-state index >= 15 is 0 Å². The summed E-state index contributed by atoms with van der Waals surface area (Å²) in [6, 6.07) is 0. The zero-order chi connectivity index (χ0) is 9.31. The Labute approximate surface area is 80.6 Å². The molecule has 0 N–H and O–H groups in total. The van der Waals surface area contributed by atoms with Crippen LogP contribution in [0.1, 0.15) is 39.5 Å². The first-order valence-corrected chi connectivity index (χ1v) is 5.56. The lowest BCUT2D eigenvalue weighted by molar-refractivity contribution is -0.191. The van der Waals surface area contributed by atoms with E-state index in [4.69, 9.17) is 9.47 Å². The van der Waals surface area contributed by atoms with Crippen molar-refractivity contribution in [2.45, 2.75) is 45.3 Å². The molecule has 76 valence electrons. The lowest BCUT2D eigenvalue weighted by Crippen LogP contribution is -2.37. The first-order valence-electron chi connectivity index (χ1n) is 5.56. The summed E-state index contributed by atoms with van der Waals surface area (Å²) in [5.74, 6) is 1.20. The topological polar surface area (TPSA) is 18.5 Å². The summed E-state index contributed by atoms with van der Waals surface area (Å²) in [7, 11) is 0. The molecule has 0 aromatic heterocycles. The second-order valence-corrected chi connectivity index (χ2v) is 4.39. The van der Waals surface area contributed by atoms with Gasteiger partial charge in [0, 0.05) is 12.3 Å². The van der Waals surface area contributed by atoms with Crippen LogP contribution in [0.4, 0.5) is 0 Å². The summed E-state index contributed by atoms with van der Waals surface area (Å²) in [5, 5.41) is 0. The zero-order valence-corrected chi connectivity index (χ0v) is 8.71. The van der Waals surface area contributed by atoms with Crippen molar-refractivity contribution in [3.8, 4) is 0 Å². The monoisotopic (exact) mass is 184 g/mol. The first kappa shape index (κ1) is 9.47. The van der Waals surface area contributed by atoms with E-state index in [0.717, 1.165) is 25.6 Å². The standard InChI is InChI=1S/C11H20O2/c1-3-9(2)10-5-4-6-11(10)12-7-8-13-11/h9-10H,3-8H2,1-2H3. The molecule has 2 atom stereocenters. The van der Waals surface area contributed by atoms with Crippen LogP contribution in [-0.2, 0) is 9.47 Å². The van der Waals surface area contributed by atoms with E-state index in [2.05, 4.69) is 13.8 Å². The van der Waals surface area contributed by atoms with E-state index in [0.29, 0.717) is 5.92 Å². The van der Waals surface area contributed by atoms with E-state index in [1.807, 2.05) is 0 Å². The highest BCUT2D eigenvalue weighted by Crippen LogP contribution is 2.46. The van der Waals surface area contributed by atoms with Crippen molar-refractivity contribution in [3.05, 3.63) is 0 Å². The van der Waals surface area contributed by atoms with Crippen LogP contribution >= 0.6 is 0 Å². The van der Waals surface area contributed by atoms with Gasteiger partial charge in [0.2, 0.25) is 0 Å². The Kier molecular flexibility index (Phi) is 2.61. The van der Waals surface area contributed by atoms with Crippen LogP contribution in [0.25, 0.3) is 0 Å². The maximum atomic E-state index is 5.81. The van der Waals surface area contributed by atoms with Crippen LogP contribution in [0, 0.1) is 11.8 Å². The first-order chi connectivity index (χ1) is 6.28. The van der Waals surface area contributed by atoms with Gasteiger partial charge < -0.3 is 9.47 Å². The van der Waals surface area contributed by atoms with Gasteiger partial charge in [-0.1, -0.05) is 20.3 Å². The lowest BCUT2D eigenvalue weighted by atomic mass is 9.87. The van der Waals surface area contributed by atoms with Gasteiger partial charge in [-0.15, -0.1) is 0 Å². The van der Waals surface area contributed by atoms with Crippen molar-refractivity contribution in [2.24, 2.45) is 11.8 Å². The maximum absolute atomic E-state index is 5.81. The van der Waals surface area contributed by atoms with Crippen molar-refractivity contribution < 1.29 is 9.47 Å². The van der Waals surface area contributed by atoms with E-state index < -0.39 is 0 Å². The number of ether oxygens (including phenoxy) is 2. The van der Waals surface area contributed by atoms with E-state index in [1.54, 1.807) is 0 Å². The van der Waals surface area contributed by atoms with Crippen LogP contribution in [0.3, 0.4) is 0 Å². The fourth-order valence-electron chi connectivity index (χ4n) is 2.81. The Morgan fingerprint density at radius 2 is 2.08 bits per heavy atom. The van der Waals surface area contributed by atoms with Gasteiger partial charge in [-0.05, 0) is 18.8 Å². The van der Waals surface area contributed by atoms with Crippen LogP contribution in [0.5, 0.6) is 0 Å². The minimum absolute atomic E-state index is 0.171. The Balaban J connectivity index is 2.08. The molecule has 1 saturated heterocycles. The van der Waals surface area contributed by atoms with Crippen molar-refractivity contribution in [1.82, 2.24) is 0 Å². The maximum Gasteiger partial charge on any atom is 0.171 e. The second kappa shape index (κ2) is 3.58. The van der Waals surface area contributed by atoms with Crippen LogP contribution < -0.4 is 0 Å². The predicted molar refractivity (Wildman–Crippen MR) is 51.4 cm³/mol. The SMILES string of the molecule is CCC(C)C1CCCC12OCCO2. The van der Waals surface area contributed by atoms with Gasteiger partial charge in [-0.3, -0.25) is 0 Å².